The minimum atomic E-state index is 0.0719. The van der Waals surface area contributed by atoms with Crippen LogP contribution in [-0.4, -0.2) is 5.11 Å². The molecule has 0 aliphatic heterocycles. The Kier molecular flexibility index (Phi) is 3.20. The second-order valence-corrected chi connectivity index (χ2v) is 4.66. The van der Waals surface area contributed by atoms with Gasteiger partial charge in [0.05, 0.1) is 5.76 Å². The van der Waals surface area contributed by atoms with Crippen LogP contribution in [0.1, 0.15) is 39.5 Å². The number of aliphatic hydroxyl groups excluding tert-OH is 1. The predicted octanol–water partition coefficient (Wildman–Crippen LogP) is 4.14. The summed E-state index contributed by atoms with van der Waals surface area (Å²) >= 11 is 0. The Morgan fingerprint density at radius 2 is 2.21 bits per heavy atom. The van der Waals surface area contributed by atoms with Gasteiger partial charge in [0.2, 0.25) is 0 Å². The monoisotopic (exact) mass is 192 g/mol. The van der Waals surface area contributed by atoms with Gasteiger partial charge in [-0.25, -0.2) is 0 Å². The summed E-state index contributed by atoms with van der Waals surface area (Å²) in [4.78, 5) is 0. The number of rotatable bonds is 2. The van der Waals surface area contributed by atoms with E-state index in [0.29, 0.717) is 12.2 Å². The van der Waals surface area contributed by atoms with Gasteiger partial charge >= 0.3 is 0 Å². The number of hydrogen-bond acceptors (Lipinski definition) is 1. The van der Waals surface area contributed by atoms with Crippen molar-refractivity contribution in [3.63, 3.8) is 0 Å². The quantitative estimate of drug-likeness (QED) is 0.515. The normalized spacial score (nSPS) is 24.6. The highest BCUT2D eigenvalue weighted by Crippen LogP contribution is 2.44. The third-order valence-electron chi connectivity index (χ3n) is 2.94. The molecule has 1 rings (SSSR count). The zero-order valence-corrected chi connectivity index (χ0v) is 9.27. The van der Waals surface area contributed by atoms with Crippen LogP contribution in [0, 0.1) is 5.41 Å². The molecule has 0 spiro atoms. The molecule has 1 heteroatoms. The number of allylic oxidation sites excluding steroid dienone is 3. The molecule has 0 aromatic rings. The van der Waals surface area contributed by atoms with Crippen LogP contribution < -0.4 is 0 Å². The van der Waals surface area contributed by atoms with E-state index in [0.717, 1.165) is 24.0 Å². The van der Waals surface area contributed by atoms with Crippen LogP contribution in [0.2, 0.25) is 0 Å². The van der Waals surface area contributed by atoms with E-state index in [2.05, 4.69) is 27.0 Å². The summed E-state index contributed by atoms with van der Waals surface area (Å²) in [5.74, 6) is 0.453. The average molecular weight is 192 g/mol. The highest BCUT2D eigenvalue weighted by atomic mass is 16.3. The van der Waals surface area contributed by atoms with Crippen LogP contribution in [0.5, 0.6) is 0 Å². The highest BCUT2D eigenvalue weighted by molar-refractivity contribution is 5.38. The lowest BCUT2D eigenvalue weighted by Gasteiger charge is -2.35. The van der Waals surface area contributed by atoms with Crippen molar-refractivity contribution in [1.29, 1.82) is 0 Å². The Balaban J connectivity index is 3.06. The Labute approximate surface area is 86.8 Å². The van der Waals surface area contributed by atoms with Crippen molar-refractivity contribution in [2.75, 3.05) is 0 Å². The number of hydrogen-bond donors (Lipinski definition) is 1. The minimum absolute atomic E-state index is 0.0719. The van der Waals surface area contributed by atoms with Crippen LogP contribution in [0.25, 0.3) is 0 Å². The van der Waals surface area contributed by atoms with E-state index in [1.54, 1.807) is 6.08 Å². The molecule has 1 fully saturated rings. The van der Waals surface area contributed by atoms with Gasteiger partial charge in [0.15, 0.2) is 0 Å². The summed E-state index contributed by atoms with van der Waals surface area (Å²) in [5, 5.41) is 9.93. The average Bonchev–Trinajstić information content (AvgIpc) is 2.02. The molecule has 0 radical (unpaired) electrons. The van der Waals surface area contributed by atoms with Crippen molar-refractivity contribution >= 4 is 0 Å². The molecule has 0 unspecified atom stereocenters. The zero-order valence-electron chi connectivity index (χ0n) is 9.27. The third kappa shape index (κ3) is 2.09. The molecule has 1 N–H and O–H groups in total. The molecule has 1 saturated carbocycles. The predicted molar refractivity (Wildman–Crippen MR) is 61.2 cm³/mol. The number of aliphatic hydroxyl groups is 1. The first-order valence-electron chi connectivity index (χ1n) is 5.20. The summed E-state index contributed by atoms with van der Waals surface area (Å²) in [6.45, 7) is 12.0. The fraction of sp³-hybridized carbons (Fsp3) is 0.538. The molecule has 1 nitrogen and oxygen atoms in total. The van der Waals surface area contributed by atoms with Gasteiger partial charge in [-0.1, -0.05) is 26.5 Å². The third-order valence-corrected chi connectivity index (χ3v) is 2.94. The molecule has 1 aliphatic rings. The van der Waals surface area contributed by atoms with E-state index >= 15 is 0 Å². The summed E-state index contributed by atoms with van der Waals surface area (Å²) in [5.41, 5.74) is 2.23. The largest absolute Gasteiger partial charge is 0.512 e. The Hall–Kier alpha value is -0.980. The fourth-order valence-electron chi connectivity index (χ4n) is 2.31. The molecule has 0 aromatic carbocycles. The lowest BCUT2D eigenvalue weighted by atomic mass is 9.70. The second-order valence-electron chi connectivity index (χ2n) is 4.66. The smallest absolute Gasteiger partial charge is 0.0999 e. The molecule has 0 saturated heterocycles. The molecule has 78 valence electrons. The summed E-state index contributed by atoms with van der Waals surface area (Å²) in [6, 6.07) is 0. The van der Waals surface area contributed by atoms with Crippen LogP contribution in [0.3, 0.4) is 0 Å². The van der Waals surface area contributed by atoms with E-state index in [1.165, 1.54) is 6.42 Å². The first kappa shape index (κ1) is 11.1. The Bertz CT molecular complexity index is 282. The molecular formula is C13H20O. The molecule has 14 heavy (non-hydrogen) atoms. The Morgan fingerprint density at radius 3 is 2.71 bits per heavy atom. The standard InChI is InChI=1S/C13H20O/c1-5-7-11(14)12-10(2)8-6-9-13(12,3)4/h5,14H,1-2,6-9H2,3-4H3/b12-11-. The summed E-state index contributed by atoms with van der Waals surface area (Å²) in [7, 11) is 0. The lowest BCUT2D eigenvalue weighted by Crippen LogP contribution is -2.22. The van der Waals surface area contributed by atoms with Gasteiger partial charge in [-0.2, -0.15) is 0 Å². The molecule has 0 heterocycles. The minimum Gasteiger partial charge on any atom is -0.512 e. The maximum atomic E-state index is 9.93. The SMILES string of the molecule is C=CC/C(O)=C1\C(=C)CCCC1(C)C. The maximum Gasteiger partial charge on any atom is 0.0999 e. The van der Waals surface area contributed by atoms with E-state index in [4.69, 9.17) is 0 Å². The summed E-state index contributed by atoms with van der Waals surface area (Å²) in [6.07, 6.45) is 5.61. The van der Waals surface area contributed by atoms with Crippen LogP contribution >= 0.6 is 0 Å². The molecule has 0 amide bonds. The van der Waals surface area contributed by atoms with E-state index in [-0.39, 0.29) is 5.41 Å². The van der Waals surface area contributed by atoms with E-state index in [1.807, 2.05) is 0 Å². The molecule has 0 aromatic heterocycles. The van der Waals surface area contributed by atoms with Crippen LogP contribution in [0.15, 0.2) is 36.1 Å². The first-order chi connectivity index (χ1) is 6.49. The van der Waals surface area contributed by atoms with Crippen molar-refractivity contribution < 1.29 is 5.11 Å². The van der Waals surface area contributed by atoms with Gasteiger partial charge in [-0.3, -0.25) is 0 Å². The zero-order chi connectivity index (χ0) is 10.8. The molecule has 1 aliphatic carbocycles. The van der Waals surface area contributed by atoms with Gasteiger partial charge in [0, 0.05) is 6.42 Å². The van der Waals surface area contributed by atoms with E-state index < -0.39 is 0 Å². The van der Waals surface area contributed by atoms with Crippen molar-refractivity contribution in [1.82, 2.24) is 0 Å². The Morgan fingerprint density at radius 1 is 1.57 bits per heavy atom. The van der Waals surface area contributed by atoms with Crippen LogP contribution in [-0.2, 0) is 0 Å². The van der Waals surface area contributed by atoms with Crippen molar-refractivity contribution in [2.24, 2.45) is 5.41 Å². The lowest BCUT2D eigenvalue weighted by molar-refractivity contribution is 0.321. The van der Waals surface area contributed by atoms with Crippen molar-refractivity contribution in [3.05, 3.63) is 36.1 Å². The maximum absolute atomic E-state index is 9.93. The summed E-state index contributed by atoms with van der Waals surface area (Å²) < 4.78 is 0. The molecular weight excluding hydrogens is 172 g/mol. The van der Waals surface area contributed by atoms with Gasteiger partial charge in [0.25, 0.3) is 0 Å². The van der Waals surface area contributed by atoms with E-state index in [9.17, 15) is 5.11 Å². The van der Waals surface area contributed by atoms with Crippen molar-refractivity contribution in [2.45, 2.75) is 39.5 Å². The first-order valence-corrected chi connectivity index (χ1v) is 5.20. The van der Waals surface area contributed by atoms with Crippen molar-refractivity contribution in [3.8, 4) is 0 Å². The van der Waals surface area contributed by atoms with Gasteiger partial charge in [-0.15, -0.1) is 6.58 Å². The molecule has 0 atom stereocenters. The topological polar surface area (TPSA) is 20.2 Å². The van der Waals surface area contributed by atoms with Gasteiger partial charge in [0.1, 0.15) is 0 Å². The molecule has 0 bridgehead atoms. The highest BCUT2D eigenvalue weighted by Gasteiger charge is 2.31. The second kappa shape index (κ2) is 4.04. The van der Waals surface area contributed by atoms with Crippen LogP contribution in [0.4, 0.5) is 0 Å². The fourth-order valence-corrected chi connectivity index (χ4v) is 2.31. The van der Waals surface area contributed by atoms with Gasteiger partial charge < -0.3 is 5.11 Å². The van der Waals surface area contributed by atoms with Gasteiger partial charge in [-0.05, 0) is 35.8 Å².